The van der Waals surface area contributed by atoms with Gasteiger partial charge in [0.15, 0.2) is 11.5 Å². The zero-order valence-corrected chi connectivity index (χ0v) is 15.0. The SMILES string of the molecule is CCOc1ccc(C(C(=O)O)N2CCN(CC)CC2C)cc1OC. The van der Waals surface area contributed by atoms with Crippen molar-refractivity contribution in [3.63, 3.8) is 0 Å². The van der Waals surface area contributed by atoms with Gasteiger partial charge in [-0.05, 0) is 38.1 Å². The summed E-state index contributed by atoms with van der Waals surface area (Å²) in [7, 11) is 1.57. The minimum atomic E-state index is -0.835. The third-order valence-electron chi connectivity index (χ3n) is 4.58. The van der Waals surface area contributed by atoms with Crippen LogP contribution < -0.4 is 9.47 Å². The summed E-state index contributed by atoms with van der Waals surface area (Å²) in [5.74, 6) is 0.371. The van der Waals surface area contributed by atoms with Crippen molar-refractivity contribution in [1.82, 2.24) is 9.80 Å². The molecule has 0 radical (unpaired) electrons. The summed E-state index contributed by atoms with van der Waals surface area (Å²) in [6, 6.07) is 4.90. The Hall–Kier alpha value is -1.79. The van der Waals surface area contributed by atoms with E-state index in [0.717, 1.165) is 31.7 Å². The number of rotatable bonds is 7. The Morgan fingerprint density at radius 2 is 2.08 bits per heavy atom. The van der Waals surface area contributed by atoms with Gasteiger partial charge in [0, 0.05) is 25.7 Å². The maximum absolute atomic E-state index is 12.0. The van der Waals surface area contributed by atoms with Crippen LogP contribution in [0.15, 0.2) is 18.2 Å². The highest BCUT2D eigenvalue weighted by Crippen LogP contribution is 2.33. The number of carboxylic acids is 1. The zero-order chi connectivity index (χ0) is 17.7. The Bertz CT molecular complexity index is 564. The average molecular weight is 336 g/mol. The lowest BCUT2D eigenvalue weighted by atomic mass is 10.0. The van der Waals surface area contributed by atoms with Crippen LogP contribution in [0.4, 0.5) is 0 Å². The number of benzene rings is 1. The third kappa shape index (κ3) is 3.99. The van der Waals surface area contributed by atoms with Gasteiger partial charge in [-0.1, -0.05) is 13.0 Å². The van der Waals surface area contributed by atoms with E-state index < -0.39 is 12.0 Å². The molecule has 0 saturated carbocycles. The van der Waals surface area contributed by atoms with E-state index in [1.807, 2.05) is 13.0 Å². The number of carbonyl (C=O) groups is 1. The second kappa shape index (κ2) is 8.35. The van der Waals surface area contributed by atoms with E-state index >= 15 is 0 Å². The Morgan fingerprint density at radius 3 is 2.62 bits per heavy atom. The fraction of sp³-hybridized carbons (Fsp3) is 0.611. The highest BCUT2D eigenvalue weighted by Gasteiger charge is 2.34. The summed E-state index contributed by atoms with van der Waals surface area (Å²) in [4.78, 5) is 16.4. The summed E-state index contributed by atoms with van der Waals surface area (Å²) in [5.41, 5.74) is 0.722. The van der Waals surface area contributed by atoms with Crippen LogP contribution in [-0.2, 0) is 4.79 Å². The lowest BCUT2D eigenvalue weighted by molar-refractivity contribution is -0.145. The number of hydrogen-bond acceptors (Lipinski definition) is 5. The predicted molar refractivity (Wildman–Crippen MR) is 92.8 cm³/mol. The van der Waals surface area contributed by atoms with E-state index in [1.165, 1.54) is 0 Å². The van der Waals surface area contributed by atoms with E-state index in [2.05, 4.69) is 23.6 Å². The van der Waals surface area contributed by atoms with Crippen molar-refractivity contribution in [1.29, 1.82) is 0 Å². The van der Waals surface area contributed by atoms with Crippen molar-refractivity contribution >= 4 is 5.97 Å². The van der Waals surface area contributed by atoms with Gasteiger partial charge >= 0.3 is 5.97 Å². The van der Waals surface area contributed by atoms with Gasteiger partial charge in [0.05, 0.1) is 13.7 Å². The number of methoxy groups -OCH3 is 1. The van der Waals surface area contributed by atoms with Crippen molar-refractivity contribution < 1.29 is 19.4 Å². The lowest BCUT2D eigenvalue weighted by Gasteiger charge is -2.42. The van der Waals surface area contributed by atoms with Gasteiger partial charge in [0.2, 0.25) is 0 Å². The summed E-state index contributed by atoms with van der Waals surface area (Å²) in [6.07, 6.45) is 0. The fourth-order valence-corrected chi connectivity index (χ4v) is 3.32. The maximum Gasteiger partial charge on any atom is 0.325 e. The first-order valence-corrected chi connectivity index (χ1v) is 8.53. The molecule has 0 aromatic heterocycles. The Balaban J connectivity index is 2.29. The van der Waals surface area contributed by atoms with Crippen molar-refractivity contribution in [3.05, 3.63) is 23.8 Å². The molecule has 1 aliphatic heterocycles. The molecule has 0 spiro atoms. The first-order valence-electron chi connectivity index (χ1n) is 8.53. The number of ether oxygens (including phenoxy) is 2. The number of hydrogen-bond donors (Lipinski definition) is 1. The molecule has 6 nitrogen and oxygen atoms in total. The summed E-state index contributed by atoms with van der Waals surface area (Å²) in [6.45, 7) is 10.2. The van der Waals surface area contributed by atoms with Gasteiger partial charge in [-0.25, -0.2) is 0 Å². The standard InChI is InChI=1S/C18H28N2O4/c1-5-19-9-10-20(13(3)12-19)17(18(21)22)14-7-8-15(24-6-2)16(11-14)23-4/h7-8,11,13,17H,5-6,9-10,12H2,1-4H3,(H,21,22). The van der Waals surface area contributed by atoms with Crippen LogP contribution in [0, 0.1) is 0 Å². The Morgan fingerprint density at radius 1 is 1.33 bits per heavy atom. The van der Waals surface area contributed by atoms with E-state index in [4.69, 9.17) is 9.47 Å². The molecule has 2 rings (SSSR count). The van der Waals surface area contributed by atoms with E-state index in [0.29, 0.717) is 18.1 Å². The summed E-state index contributed by atoms with van der Waals surface area (Å²) in [5, 5.41) is 9.83. The number of piperazine rings is 1. The van der Waals surface area contributed by atoms with Gasteiger partial charge in [-0.15, -0.1) is 0 Å². The van der Waals surface area contributed by atoms with E-state index in [1.54, 1.807) is 19.2 Å². The highest BCUT2D eigenvalue weighted by atomic mass is 16.5. The van der Waals surface area contributed by atoms with Crippen LogP contribution in [0.5, 0.6) is 11.5 Å². The molecule has 2 unspecified atom stereocenters. The van der Waals surface area contributed by atoms with Gasteiger partial charge in [-0.3, -0.25) is 9.69 Å². The summed E-state index contributed by atoms with van der Waals surface area (Å²) < 4.78 is 10.9. The van der Waals surface area contributed by atoms with E-state index in [9.17, 15) is 9.90 Å². The third-order valence-corrected chi connectivity index (χ3v) is 4.58. The molecule has 1 aromatic carbocycles. The molecule has 2 atom stereocenters. The monoisotopic (exact) mass is 336 g/mol. The number of carboxylic acid groups (broad SMARTS) is 1. The number of aliphatic carboxylic acids is 1. The topological polar surface area (TPSA) is 62.2 Å². The van der Waals surface area contributed by atoms with Gasteiger partial charge in [0.25, 0.3) is 0 Å². The van der Waals surface area contributed by atoms with Gasteiger partial charge in [0.1, 0.15) is 6.04 Å². The molecular formula is C18H28N2O4. The molecule has 1 saturated heterocycles. The lowest BCUT2D eigenvalue weighted by Crippen LogP contribution is -2.54. The van der Waals surface area contributed by atoms with Gasteiger partial charge in [-0.2, -0.15) is 0 Å². The first kappa shape index (κ1) is 18.5. The van der Waals surface area contributed by atoms with Crippen molar-refractivity contribution in [2.45, 2.75) is 32.9 Å². The van der Waals surface area contributed by atoms with Crippen LogP contribution in [-0.4, -0.2) is 66.8 Å². The average Bonchev–Trinajstić information content (AvgIpc) is 2.57. The minimum absolute atomic E-state index is 0.178. The first-order chi connectivity index (χ1) is 11.5. The second-order valence-electron chi connectivity index (χ2n) is 6.06. The molecule has 0 bridgehead atoms. The molecule has 1 N–H and O–H groups in total. The molecule has 0 amide bonds. The molecule has 1 aliphatic rings. The normalized spacial score (nSPS) is 20.6. The molecule has 6 heteroatoms. The van der Waals surface area contributed by atoms with E-state index in [-0.39, 0.29) is 6.04 Å². The van der Waals surface area contributed by atoms with Crippen molar-refractivity contribution in [2.75, 3.05) is 39.9 Å². The van der Waals surface area contributed by atoms with Gasteiger partial charge < -0.3 is 19.5 Å². The smallest absolute Gasteiger partial charge is 0.325 e. The largest absolute Gasteiger partial charge is 0.493 e. The number of likely N-dealkylation sites (N-methyl/N-ethyl adjacent to an activating group) is 1. The molecule has 1 heterocycles. The number of nitrogens with zero attached hydrogens (tertiary/aromatic N) is 2. The second-order valence-corrected chi connectivity index (χ2v) is 6.06. The fourth-order valence-electron chi connectivity index (χ4n) is 3.32. The molecule has 24 heavy (non-hydrogen) atoms. The molecule has 1 fully saturated rings. The van der Waals surface area contributed by atoms with Crippen LogP contribution >= 0.6 is 0 Å². The van der Waals surface area contributed by atoms with Crippen LogP contribution in [0.2, 0.25) is 0 Å². The predicted octanol–water partition coefficient (Wildman–Crippen LogP) is 2.25. The minimum Gasteiger partial charge on any atom is -0.493 e. The molecule has 0 aliphatic carbocycles. The molecule has 134 valence electrons. The van der Waals surface area contributed by atoms with Crippen molar-refractivity contribution in [3.8, 4) is 11.5 Å². The highest BCUT2D eigenvalue weighted by molar-refractivity contribution is 5.76. The Kier molecular flexibility index (Phi) is 6.45. The quantitative estimate of drug-likeness (QED) is 0.824. The van der Waals surface area contributed by atoms with Crippen molar-refractivity contribution in [2.24, 2.45) is 0 Å². The zero-order valence-electron chi connectivity index (χ0n) is 15.0. The summed E-state index contributed by atoms with van der Waals surface area (Å²) >= 11 is 0. The van der Waals surface area contributed by atoms with Crippen LogP contribution in [0.3, 0.4) is 0 Å². The molecular weight excluding hydrogens is 308 g/mol. The van der Waals surface area contributed by atoms with Crippen LogP contribution in [0.1, 0.15) is 32.4 Å². The maximum atomic E-state index is 12.0. The molecule has 1 aromatic rings. The van der Waals surface area contributed by atoms with Crippen LogP contribution in [0.25, 0.3) is 0 Å². The Labute approximate surface area is 144 Å².